The lowest BCUT2D eigenvalue weighted by atomic mass is 10.1. The molecule has 1 aliphatic rings. The molecule has 5 heteroatoms. The highest BCUT2D eigenvalue weighted by Gasteiger charge is 2.29. The fourth-order valence-corrected chi connectivity index (χ4v) is 2.53. The van der Waals surface area contributed by atoms with E-state index in [-0.39, 0.29) is 0 Å². The molecule has 4 nitrogen and oxygen atoms in total. The zero-order valence-electron chi connectivity index (χ0n) is 11.3. The summed E-state index contributed by atoms with van der Waals surface area (Å²) in [4.78, 5) is 15.1. The maximum absolute atomic E-state index is 13.1. The smallest absolute Gasteiger partial charge is 0.158 e. The Balaban J connectivity index is 1.84. The molecule has 0 radical (unpaired) electrons. The molecule has 1 aliphatic heterocycles. The first-order chi connectivity index (χ1) is 10.3. The number of halogens is 1. The van der Waals surface area contributed by atoms with Gasteiger partial charge in [0, 0.05) is 5.56 Å². The normalized spacial score (nSPS) is 15.2. The third kappa shape index (κ3) is 2.11. The van der Waals surface area contributed by atoms with Gasteiger partial charge in [-0.3, -0.25) is 0 Å². The molecule has 0 N–H and O–H groups in total. The maximum Gasteiger partial charge on any atom is 0.158 e. The molecule has 0 amide bonds. The Labute approximate surface area is 121 Å². The van der Waals surface area contributed by atoms with Gasteiger partial charge in [0.1, 0.15) is 18.0 Å². The highest BCUT2D eigenvalue weighted by Crippen LogP contribution is 2.28. The maximum atomic E-state index is 13.1. The van der Waals surface area contributed by atoms with E-state index in [1.54, 1.807) is 0 Å². The van der Waals surface area contributed by atoms with E-state index in [4.69, 9.17) is 0 Å². The van der Waals surface area contributed by atoms with Crippen molar-refractivity contribution in [1.29, 1.82) is 0 Å². The van der Waals surface area contributed by atoms with Gasteiger partial charge < -0.3 is 4.90 Å². The number of anilines is 1. The van der Waals surface area contributed by atoms with E-state index >= 15 is 0 Å². The van der Waals surface area contributed by atoms with Crippen LogP contribution in [-0.2, 0) is 0 Å². The summed E-state index contributed by atoms with van der Waals surface area (Å²) >= 11 is 0. The van der Waals surface area contributed by atoms with E-state index in [0.29, 0.717) is 18.9 Å². The molecule has 2 aromatic heterocycles. The molecule has 0 atom stereocenters. The van der Waals surface area contributed by atoms with Gasteiger partial charge >= 0.3 is 0 Å². The Bertz CT molecular complexity index is 785. The van der Waals surface area contributed by atoms with Crippen LogP contribution in [0.4, 0.5) is 10.2 Å². The van der Waals surface area contributed by atoms with Gasteiger partial charge in [-0.05, 0) is 12.1 Å². The van der Waals surface area contributed by atoms with Crippen LogP contribution in [0.3, 0.4) is 0 Å². The standard InChI is InChI=1S/C16H13FN4/c17-12-8-21(9-12)16-15-14(18-10-19-16)7-6-13(20-15)11-4-2-1-3-5-11/h1-7,10,12H,8-9H2. The lowest BCUT2D eigenvalue weighted by molar-refractivity contribution is 0.274. The van der Waals surface area contributed by atoms with Crippen molar-refractivity contribution in [2.45, 2.75) is 6.17 Å². The Hall–Kier alpha value is -2.56. The molecule has 0 unspecified atom stereocenters. The molecular formula is C16H13FN4. The summed E-state index contributed by atoms with van der Waals surface area (Å²) in [6.07, 6.45) is 0.736. The zero-order chi connectivity index (χ0) is 14.2. The molecule has 4 rings (SSSR count). The fraction of sp³-hybridized carbons (Fsp3) is 0.188. The molecule has 3 aromatic rings. The number of hydrogen-bond acceptors (Lipinski definition) is 4. The number of hydrogen-bond donors (Lipinski definition) is 0. The van der Waals surface area contributed by atoms with E-state index in [1.807, 2.05) is 47.4 Å². The molecule has 3 heterocycles. The van der Waals surface area contributed by atoms with Crippen LogP contribution in [0, 0.1) is 0 Å². The molecule has 1 fully saturated rings. The van der Waals surface area contributed by atoms with Crippen molar-refractivity contribution in [1.82, 2.24) is 15.0 Å². The van der Waals surface area contributed by atoms with E-state index < -0.39 is 6.17 Å². The van der Waals surface area contributed by atoms with Crippen LogP contribution in [0.5, 0.6) is 0 Å². The highest BCUT2D eigenvalue weighted by molar-refractivity contribution is 5.87. The van der Waals surface area contributed by atoms with Gasteiger partial charge in [0.25, 0.3) is 0 Å². The molecule has 104 valence electrons. The van der Waals surface area contributed by atoms with E-state index in [9.17, 15) is 4.39 Å². The number of rotatable bonds is 2. The minimum Gasteiger partial charge on any atom is -0.349 e. The second-order valence-corrected chi connectivity index (χ2v) is 5.13. The summed E-state index contributed by atoms with van der Waals surface area (Å²) < 4.78 is 13.1. The first-order valence-electron chi connectivity index (χ1n) is 6.87. The average Bonchev–Trinajstić information content (AvgIpc) is 2.52. The molecule has 21 heavy (non-hydrogen) atoms. The minimum atomic E-state index is -0.771. The van der Waals surface area contributed by atoms with Crippen molar-refractivity contribution in [2.24, 2.45) is 0 Å². The topological polar surface area (TPSA) is 41.9 Å². The Kier molecular flexibility index (Phi) is 2.77. The average molecular weight is 280 g/mol. The summed E-state index contributed by atoms with van der Waals surface area (Å²) in [5.41, 5.74) is 3.42. The largest absolute Gasteiger partial charge is 0.349 e. The number of alkyl halides is 1. The van der Waals surface area contributed by atoms with Gasteiger partial charge in [-0.15, -0.1) is 0 Å². The SMILES string of the molecule is FC1CN(c2ncnc3ccc(-c4ccccc4)nc23)C1. The lowest BCUT2D eigenvalue weighted by Crippen LogP contribution is -2.49. The van der Waals surface area contributed by atoms with Crippen LogP contribution in [0.1, 0.15) is 0 Å². The molecule has 1 saturated heterocycles. The molecule has 1 aromatic carbocycles. The second-order valence-electron chi connectivity index (χ2n) is 5.13. The van der Waals surface area contributed by atoms with E-state index in [0.717, 1.165) is 22.3 Å². The van der Waals surface area contributed by atoms with E-state index in [2.05, 4.69) is 15.0 Å². The first kappa shape index (κ1) is 12.2. The summed E-state index contributed by atoms with van der Waals surface area (Å²) in [5, 5.41) is 0. The predicted molar refractivity (Wildman–Crippen MR) is 79.9 cm³/mol. The fourth-order valence-electron chi connectivity index (χ4n) is 2.53. The third-order valence-corrected chi connectivity index (χ3v) is 3.67. The van der Waals surface area contributed by atoms with E-state index in [1.165, 1.54) is 6.33 Å². The Morgan fingerprint density at radius 1 is 1.00 bits per heavy atom. The monoisotopic (exact) mass is 280 g/mol. The summed E-state index contributed by atoms with van der Waals surface area (Å²) in [6.45, 7) is 0.757. The van der Waals surface area contributed by atoms with Crippen LogP contribution < -0.4 is 4.90 Å². The highest BCUT2D eigenvalue weighted by atomic mass is 19.1. The molecule has 0 bridgehead atoms. The number of aromatic nitrogens is 3. The number of fused-ring (bicyclic) bond motifs is 1. The van der Waals surface area contributed by atoms with Gasteiger partial charge in [-0.25, -0.2) is 19.3 Å². The van der Waals surface area contributed by atoms with Crippen molar-refractivity contribution >= 4 is 16.9 Å². The Morgan fingerprint density at radius 2 is 1.81 bits per heavy atom. The van der Waals surface area contributed by atoms with Crippen molar-refractivity contribution < 1.29 is 4.39 Å². The van der Waals surface area contributed by atoms with Crippen LogP contribution in [0.2, 0.25) is 0 Å². The number of nitrogens with zero attached hydrogens (tertiary/aromatic N) is 4. The number of benzene rings is 1. The predicted octanol–water partition coefficient (Wildman–Crippen LogP) is 2.85. The molecular weight excluding hydrogens is 267 g/mol. The van der Waals surface area contributed by atoms with Crippen molar-refractivity contribution in [2.75, 3.05) is 18.0 Å². The van der Waals surface area contributed by atoms with Crippen LogP contribution in [0.15, 0.2) is 48.8 Å². The summed E-state index contributed by atoms with van der Waals surface area (Å²) in [5.74, 6) is 0.715. The Morgan fingerprint density at radius 3 is 2.57 bits per heavy atom. The van der Waals surface area contributed by atoms with Gasteiger partial charge in [0.15, 0.2) is 5.82 Å². The lowest BCUT2D eigenvalue weighted by Gasteiger charge is -2.35. The van der Waals surface area contributed by atoms with Crippen molar-refractivity contribution in [3.05, 3.63) is 48.8 Å². The first-order valence-corrected chi connectivity index (χ1v) is 6.87. The quantitative estimate of drug-likeness (QED) is 0.724. The minimum absolute atomic E-state index is 0.378. The van der Waals surface area contributed by atoms with Gasteiger partial charge in [0.2, 0.25) is 0 Å². The van der Waals surface area contributed by atoms with Gasteiger partial charge in [0.05, 0.1) is 24.3 Å². The summed E-state index contributed by atoms with van der Waals surface area (Å²) in [7, 11) is 0. The molecule has 0 aliphatic carbocycles. The van der Waals surface area contributed by atoms with Crippen molar-refractivity contribution in [3.8, 4) is 11.3 Å². The molecule has 0 spiro atoms. The third-order valence-electron chi connectivity index (χ3n) is 3.67. The zero-order valence-corrected chi connectivity index (χ0v) is 11.3. The number of pyridine rings is 1. The van der Waals surface area contributed by atoms with Crippen LogP contribution in [0.25, 0.3) is 22.3 Å². The summed E-state index contributed by atoms with van der Waals surface area (Å²) in [6, 6.07) is 13.8. The van der Waals surface area contributed by atoms with Crippen molar-refractivity contribution in [3.63, 3.8) is 0 Å². The van der Waals surface area contributed by atoms with Gasteiger partial charge in [-0.1, -0.05) is 30.3 Å². The van der Waals surface area contributed by atoms with Crippen LogP contribution in [-0.4, -0.2) is 34.2 Å². The second kappa shape index (κ2) is 4.77. The van der Waals surface area contributed by atoms with Crippen LogP contribution >= 0.6 is 0 Å². The van der Waals surface area contributed by atoms with Gasteiger partial charge in [-0.2, -0.15) is 0 Å². The molecule has 0 saturated carbocycles.